The highest BCUT2D eigenvalue weighted by molar-refractivity contribution is 5.44. The Bertz CT molecular complexity index is 2000. The van der Waals surface area contributed by atoms with Gasteiger partial charge in [-0.25, -0.2) is 8.78 Å². The minimum absolute atomic E-state index is 0.106. The van der Waals surface area contributed by atoms with E-state index in [9.17, 15) is 8.78 Å². The fraction of sp³-hybridized carbons (Fsp3) is 0.489. The Balaban J connectivity index is 0.000000148. The second kappa shape index (κ2) is 16.6. The predicted octanol–water partition coefficient (Wildman–Crippen LogP) is 10.2. The molecule has 0 N–H and O–H groups in total. The van der Waals surface area contributed by atoms with Gasteiger partial charge in [-0.2, -0.15) is 0 Å². The van der Waals surface area contributed by atoms with Crippen LogP contribution in [0.2, 0.25) is 0 Å². The molecule has 4 fully saturated rings. The molecule has 57 heavy (non-hydrogen) atoms. The standard InChI is InChI=1S/C24H27FO4.C23H25FO4/c1-16-20(3-2-4-21(16)25)23-7-5-17-15-19(6-8-22(17)29-23)28-18-9-11-24(12-10-18)26-13-14-27-24;24-20-4-2-1-3-19(20)22-7-5-16-15-18(6-8-21(16)28-22)27-17-9-11-23(12-10-17)25-13-14-26-23/h2-4,6,8,15,18,23H,5,7,9-14H2,1H3;1-4,6,8,15,17,22H,5,7,9-14H2. The fourth-order valence-corrected chi connectivity index (χ4v) is 9.28. The molecule has 4 heterocycles. The molecule has 10 heteroatoms. The zero-order valence-electron chi connectivity index (χ0n) is 32.7. The van der Waals surface area contributed by atoms with Crippen molar-refractivity contribution in [3.8, 4) is 23.0 Å². The van der Waals surface area contributed by atoms with E-state index in [-0.39, 0.29) is 47.6 Å². The molecule has 2 saturated carbocycles. The van der Waals surface area contributed by atoms with Crippen molar-refractivity contribution in [1.82, 2.24) is 0 Å². The maximum atomic E-state index is 14.1. The second-order valence-electron chi connectivity index (χ2n) is 16.2. The lowest BCUT2D eigenvalue weighted by Crippen LogP contribution is -2.38. The highest BCUT2D eigenvalue weighted by Crippen LogP contribution is 2.42. The Morgan fingerprint density at radius 1 is 0.526 bits per heavy atom. The summed E-state index contributed by atoms with van der Waals surface area (Å²) < 4.78 is 75.9. The molecule has 6 aliphatic rings. The van der Waals surface area contributed by atoms with Crippen molar-refractivity contribution in [1.29, 1.82) is 0 Å². The van der Waals surface area contributed by atoms with Crippen molar-refractivity contribution in [2.45, 2.75) is 120 Å². The van der Waals surface area contributed by atoms with E-state index in [1.807, 2.05) is 43.3 Å². The summed E-state index contributed by atoms with van der Waals surface area (Å²) in [4.78, 5) is 0. The molecule has 4 aromatic rings. The highest BCUT2D eigenvalue weighted by Gasteiger charge is 2.42. The first-order valence-electron chi connectivity index (χ1n) is 20.8. The van der Waals surface area contributed by atoms with Crippen LogP contribution >= 0.6 is 0 Å². The van der Waals surface area contributed by atoms with Crippen LogP contribution in [0.5, 0.6) is 23.0 Å². The van der Waals surface area contributed by atoms with Gasteiger partial charge in [0.1, 0.15) is 46.8 Å². The zero-order valence-corrected chi connectivity index (χ0v) is 32.7. The van der Waals surface area contributed by atoms with Crippen LogP contribution in [0.4, 0.5) is 8.78 Å². The third kappa shape index (κ3) is 8.51. The first-order valence-corrected chi connectivity index (χ1v) is 20.8. The molecule has 0 amide bonds. The summed E-state index contributed by atoms with van der Waals surface area (Å²) in [6.45, 7) is 4.61. The van der Waals surface area contributed by atoms with Gasteiger partial charge >= 0.3 is 0 Å². The Morgan fingerprint density at radius 3 is 1.49 bits per heavy atom. The lowest BCUT2D eigenvalue weighted by atomic mass is 9.91. The van der Waals surface area contributed by atoms with Gasteiger partial charge in [-0.3, -0.25) is 0 Å². The SMILES string of the molecule is Cc1c(F)cccc1C1CCc2cc(OC3CCC4(CC3)OCCO4)ccc2O1.Fc1ccccc1C1CCc2cc(OC3CCC4(CC3)OCCO4)ccc2O1. The Labute approximate surface area is 333 Å². The first-order chi connectivity index (χ1) is 27.8. The number of fused-ring (bicyclic) bond motifs is 2. The van der Waals surface area contributed by atoms with Crippen molar-refractivity contribution in [3.05, 3.63) is 118 Å². The monoisotopic (exact) mass is 782 g/mol. The molecule has 4 aromatic carbocycles. The molecule has 0 aromatic heterocycles. The lowest BCUT2D eigenvalue weighted by Gasteiger charge is -2.35. The van der Waals surface area contributed by atoms with Crippen molar-refractivity contribution in [3.63, 3.8) is 0 Å². The summed E-state index contributed by atoms with van der Waals surface area (Å²) in [6, 6.07) is 24.1. The topological polar surface area (TPSA) is 73.8 Å². The van der Waals surface area contributed by atoms with E-state index < -0.39 is 0 Å². The number of rotatable bonds is 6. The average Bonchev–Trinajstić information content (AvgIpc) is 3.91. The molecule has 2 atom stereocenters. The van der Waals surface area contributed by atoms with E-state index in [2.05, 4.69) is 12.1 Å². The van der Waals surface area contributed by atoms with Gasteiger partial charge in [-0.1, -0.05) is 30.3 Å². The van der Waals surface area contributed by atoms with Crippen LogP contribution in [0.15, 0.2) is 78.9 Å². The van der Waals surface area contributed by atoms with Crippen molar-refractivity contribution in [2.24, 2.45) is 0 Å². The van der Waals surface area contributed by atoms with Gasteiger partial charge in [0.15, 0.2) is 11.6 Å². The number of aryl methyl sites for hydroxylation is 2. The number of hydrogen-bond acceptors (Lipinski definition) is 8. The zero-order chi connectivity index (χ0) is 38.8. The maximum Gasteiger partial charge on any atom is 0.168 e. The quantitative estimate of drug-likeness (QED) is 0.192. The van der Waals surface area contributed by atoms with Gasteiger partial charge < -0.3 is 37.9 Å². The molecule has 0 bridgehead atoms. The summed E-state index contributed by atoms with van der Waals surface area (Å²) in [6.07, 6.45) is 10.7. The molecule has 2 aliphatic carbocycles. The average molecular weight is 783 g/mol. The molecule has 4 aliphatic heterocycles. The summed E-state index contributed by atoms with van der Waals surface area (Å²) in [7, 11) is 0. The molecule has 10 rings (SSSR count). The van der Waals surface area contributed by atoms with E-state index in [0.29, 0.717) is 37.6 Å². The fourth-order valence-electron chi connectivity index (χ4n) is 9.28. The number of halogens is 2. The van der Waals surface area contributed by atoms with Gasteiger partial charge in [0.25, 0.3) is 0 Å². The molecular weight excluding hydrogens is 731 g/mol. The summed E-state index contributed by atoms with van der Waals surface area (Å²) >= 11 is 0. The van der Waals surface area contributed by atoms with Gasteiger partial charge in [-0.05, 0) is 129 Å². The molecule has 302 valence electrons. The number of benzene rings is 4. The van der Waals surface area contributed by atoms with Gasteiger partial charge in [0.05, 0.1) is 38.6 Å². The van der Waals surface area contributed by atoms with Crippen molar-refractivity contribution < 1.29 is 46.7 Å². The molecule has 2 spiro atoms. The molecule has 2 saturated heterocycles. The molecule has 0 radical (unpaired) electrons. The van der Waals surface area contributed by atoms with Crippen LogP contribution in [-0.2, 0) is 31.8 Å². The molecule has 2 unspecified atom stereocenters. The van der Waals surface area contributed by atoms with Crippen LogP contribution in [0.25, 0.3) is 0 Å². The summed E-state index contributed by atoms with van der Waals surface area (Å²) in [5.74, 6) is 2.36. The second-order valence-corrected chi connectivity index (χ2v) is 16.2. The van der Waals surface area contributed by atoms with Crippen LogP contribution in [-0.4, -0.2) is 50.2 Å². The molecule has 8 nitrogen and oxygen atoms in total. The lowest BCUT2D eigenvalue weighted by molar-refractivity contribution is -0.186. The van der Waals surface area contributed by atoms with Crippen LogP contribution in [0, 0.1) is 18.6 Å². The normalized spacial score (nSPS) is 24.7. The van der Waals surface area contributed by atoms with Crippen LogP contribution < -0.4 is 18.9 Å². The van der Waals surface area contributed by atoms with Crippen LogP contribution in [0.3, 0.4) is 0 Å². The molecular formula is C47H52F2O8. The van der Waals surface area contributed by atoms with Gasteiger partial charge in [-0.15, -0.1) is 0 Å². The third-order valence-corrected chi connectivity index (χ3v) is 12.5. The van der Waals surface area contributed by atoms with E-state index in [1.165, 1.54) is 12.1 Å². The van der Waals surface area contributed by atoms with Crippen LogP contribution in [0.1, 0.15) is 104 Å². The van der Waals surface area contributed by atoms with Crippen molar-refractivity contribution in [2.75, 3.05) is 26.4 Å². The third-order valence-electron chi connectivity index (χ3n) is 12.5. The van der Waals surface area contributed by atoms with E-state index >= 15 is 0 Å². The highest BCUT2D eigenvalue weighted by atomic mass is 19.1. The summed E-state index contributed by atoms with van der Waals surface area (Å²) in [5, 5.41) is 0. The Kier molecular flexibility index (Phi) is 11.1. The van der Waals surface area contributed by atoms with E-state index in [1.54, 1.807) is 18.2 Å². The minimum atomic E-state index is -0.356. The maximum absolute atomic E-state index is 14.1. The first kappa shape index (κ1) is 38.3. The van der Waals surface area contributed by atoms with Gasteiger partial charge in [0.2, 0.25) is 0 Å². The van der Waals surface area contributed by atoms with Crippen molar-refractivity contribution >= 4 is 0 Å². The smallest absolute Gasteiger partial charge is 0.168 e. The largest absolute Gasteiger partial charge is 0.490 e. The van der Waals surface area contributed by atoms with Gasteiger partial charge in [0, 0.05) is 31.2 Å². The minimum Gasteiger partial charge on any atom is -0.490 e. The Morgan fingerprint density at radius 2 is 0.982 bits per heavy atom. The predicted molar refractivity (Wildman–Crippen MR) is 209 cm³/mol. The number of hydrogen-bond donors (Lipinski definition) is 0. The van der Waals surface area contributed by atoms with E-state index in [0.717, 1.165) is 117 Å². The Hall–Kier alpha value is -4.22. The number of ether oxygens (including phenoxy) is 8. The summed E-state index contributed by atoms with van der Waals surface area (Å²) in [5.41, 5.74) is 4.51. The van der Waals surface area contributed by atoms with E-state index in [4.69, 9.17) is 37.9 Å².